The molecule has 380 valence electrons. The van der Waals surface area contributed by atoms with Gasteiger partial charge >= 0.3 is 18.2 Å². The smallest absolute Gasteiger partial charge is 0.408 e. The zero-order valence-corrected chi connectivity index (χ0v) is 42.3. The lowest BCUT2D eigenvalue weighted by Crippen LogP contribution is -2.60. The average Bonchev–Trinajstić information content (AvgIpc) is 3.19. The van der Waals surface area contributed by atoms with Gasteiger partial charge in [0.15, 0.2) is 0 Å². The summed E-state index contributed by atoms with van der Waals surface area (Å²) in [6, 6.07) is 2.44. The summed E-state index contributed by atoms with van der Waals surface area (Å²) in [5.41, 5.74) is 0.0328. The van der Waals surface area contributed by atoms with Crippen molar-refractivity contribution in [3.05, 3.63) is 35.9 Å². The van der Waals surface area contributed by atoms with E-state index < -0.39 is 89.5 Å². The SMILES string of the molecule is CC(C)C[C@H](NC(=O)OC(C)(C)C)C(=O)N[C@@H](CC(C)C)C(=O)N[C@@H](CC(C)C)C(=O)N[C@@H](CC(C)C)C(=O)N[C@@H](CC(C)C)C(=O)N[C@@H](CCCCNC(=O)OCc1ccccc1)C(=O)O. The predicted octanol–water partition coefficient (Wildman–Crippen LogP) is 5.72. The number of hydrogen-bond acceptors (Lipinski definition) is 10. The van der Waals surface area contributed by atoms with Crippen LogP contribution in [0.1, 0.15) is 147 Å². The summed E-state index contributed by atoms with van der Waals surface area (Å²) >= 11 is 0. The second kappa shape index (κ2) is 30.1. The molecule has 1 aromatic rings. The number of aliphatic carboxylic acids is 1. The number of rotatable bonds is 29. The topological polar surface area (TPSA) is 259 Å². The third-order valence-corrected chi connectivity index (χ3v) is 10.1. The summed E-state index contributed by atoms with van der Waals surface area (Å²) in [5.74, 6) is -4.79. The fourth-order valence-corrected chi connectivity index (χ4v) is 7.02. The van der Waals surface area contributed by atoms with Crippen molar-refractivity contribution in [2.24, 2.45) is 29.6 Å². The summed E-state index contributed by atoms with van der Waals surface area (Å²) in [7, 11) is 0. The van der Waals surface area contributed by atoms with E-state index in [1.54, 1.807) is 20.8 Å². The number of carboxylic acids is 1. The largest absolute Gasteiger partial charge is 0.480 e. The Balaban J connectivity index is 3.14. The number of carboxylic acid groups (broad SMARTS) is 1. The lowest BCUT2D eigenvalue weighted by atomic mass is 9.97. The molecule has 0 aromatic heterocycles. The van der Waals surface area contributed by atoms with Crippen LogP contribution in [0, 0.1) is 29.6 Å². The van der Waals surface area contributed by atoms with Gasteiger partial charge in [-0.05, 0) is 107 Å². The molecule has 0 saturated carbocycles. The molecule has 8 N–H and O–H groups in total. The molecule has 18 nitrogen and oxygen atoms in total. The van der Waals surface area contributed by atoms with E-state index in [-0.39, 0.29) is 81.3 Å². The Labute approximate surface area is 398 Å². The van der Waals surface area contributed by atoms with Crippen LogP contribution >= 0.6 is 0 Å². The number of nitrogens with one attached hydrogen (secondary N) is 7. The molecule has 0 aliphatic rings. The number of hydrogen-bond donors (Lipinski definition) is 8. The van der Waals surface area contributed by atoms with Gasteiger partial charge in [-0.1, -0.05) is 99.6 Å². The predicted molar refractivity (Wildman–Crippen MR) is 256 cm³/mol. The van der Waals surface area contributed by atoms with Crippen molar-refractivity contribution in [3.8, 4) is 0 Å². The monoisotopic (exact) mass is 946 g/mol. The summed E-state index contributed by atoms with van der Waals surface area (Å²) in [5, 5.41) is 29.0. The average molecular weight is 946 g/mol. The molecule has 1 rings (SSSR count). The Bertz CT molecular complexity index is 1730. The van der Waals surface area contributed by atoms with E-state index in [0.29, 0.717) is 12.8 Å². The van der Waals surface area contributed by atoms with Crippen molar-refractivity contribution < 1.29 is 52.9 Å². The number of alkyl carbamates (subject to hydrolysis) is 2. The normalized spacial score (nSPS) is 14.3. The van der Waals surface area contributed by atoms with Gasteiger partial charge in [0.25, 0.3) is 0 Å². The number of carbonyl (C=O) groups excluding carboxylic acids is 7. The van der Waals surface area contributed by atoms with Crippen LogP contribution in [-0.2, 0) is 44.8 Å². The van der Waals surface area contributed by atoms with Gasteiger partial charge < -0.3 is 51.8 Å². The van der Waals surface area contributed by atoms with E-state index in [1.165, 1.54) is 0 Å². The van der Waals surface area contributed by atoms with E-state index >= 15 is 0 Å². The van der Waals surface area contributed by atoms with Gasteiger partial charge in [0.05, 0.1) is 0 Å². The van der Waals surface area contributed by atoms with E-state index in [0.717, 1.165) is 5.56 Å². The van der Waals surface area contributed by atoms with E-state index in [1.807, 2.05) is 99.6 Å². The molecular weight excluding hydrogens is 863 g/mol. The molecular formula is C49H83N7O11. The summed E-state index contributed by atoms with van der Waals surface area (Å²) in [6.07, 6.45) is 0.470. The molecule has 0 radical (unpaired) electrons. The Kier molecular flexibility index (Phi) is 26.7. The second-order valence-corrected chi connectivity index (χ2v) is 20.5. The van der Waals surface area contributed by atoms with Gasteiger partial charge in [-0.2, -0.15) is 0 Å². The van der Waals surface area contributed by atoms with Crippen LogP contribution in [0.5, 0.6) is 0 Å². The lowest BCUT2D eigenvalue weighted by molar-refractivity contribution is -0.142. The van der Waals surface area contributed by atoms with Crippen LogP contribution in [0.4, 0.5) is 9.59 Å². The van der Waals surface area contributed by atoms with Gasteiger partial charge in [-0.25, -0.2) is 14.4 Å². The van der Waals surface area contributed by atoms with Gasteiger partial charge in [0.1, 0.15) is 48.5 Å². The van der Waals surface area contributed by atoms with E-state index in [4.69, 9.17) is 9.47 Å². The van der Waals surface area contributed by atoms with Crippen molar-refractivity contribution in [1.29, 1.82) is 0 Å². The van der Waals surface area contributed by atoms with Crippen molar-refractivity contribution in [1.82, 2.24) is 37.2 Å². The van der Waals surface area contributed by atoms with Crippen LogP contribution in [0.25, 0.3) is 0 Å². The number of carbonyl (C=O) groups is 8. The highest BCUT2D eigenvalue weighted by molar-refractivity contribution is 5.96. The van der Waals surface area contributed by atoms with Crippen LogP contribution in [0.3, 0.4) is 0 Å². The van der Waals surface area contributed by atoms with Crippen LogP contribution in [-0.4, -0.2) is 101 Å². The molecule has 0 aliphatic heterocycles. The number of amides is 7. The quantitative estimate of drug-likeness (QED) is 0.0451. The molecule has 0 saturated heterocycles. The Morgan fingerprint density at radius 1 is 0.493 bits per heavy atom. The summed E-state index contributed by atoms with van der Waals surface area (Å²) in [4.78, 5) is 107. The van der Waals surface area contributed by atoms with Crippen molar-refractivity contribution >= 4 is 47.7 Å². The van der Waals surface area contributed by atoms with Crippen molar-refractivity contribution in [2.75, 3.05) is 6.54 Å². The van der Waals surface area contributed by atoms with Crippen molar-refractivity contribution in [3.63, 3.8) is 0 Å². The summed E-state index contributed by atoms with van der Waals surface area (Å²) in [6.45, 7) is 24.2. The maximum absolute atomic E-state index is 14.1. The third kappa shape index (κ3) is 26.5. The number of ether oxygens (including phenoxy) is 2. The first kappa shape index (κ1) is 59.6. The van der Waals surface area contributed by atoms with Gasteiger partial charge in [-0.3, -0.25) is 24.0 Å². The molecule has 0 bridgehead atoms. The zero-order chi connectivity index (χ0) is 51.0. The molecule has 6 atom stereocenters. The first-order chi connectivity index (χ1) is 31.2. The molecule has 0 spiro atoms. The van der Waals surface area contributed by atoms with Gasteiger partial charge in [0, 0.05) is 6.54 Å². The van der Waals surface area contributed by atoms with Crippen LogP contribution in [0.2, 0.25) is 0 Å². The Hall–Kier alpha value is -5.42. The fraction of sp³-hybridized carbons (Fsp3) is 0.714. The molecule has 0 unspecified atom stereocenters. The minimum absolute atomic E-state index is 0.00474. The van der Waals surface area contributed by atoms with Gasteiger partial charge in [0.2, 0.25) is 29.5 Å². The minimum Gasteiger partial charge on any atom is -0.480 e. The highest BCUT2D eigenvalue weighted by Crippen LogP contribution is 2.15. The highest BCUT2D eigenvalue weighted by atomic mass is 16.6. The number of benzene rings is 1. The van der Waals surface area contributed by atoms with Crippen LogP contribution < -0.4 is 37.2 Å². The highest BCUT2D eigenvalue weighted by Gasteiger charge is 2.35. The second-order valence-electron chi connectivity index (χ2n) is 20.5. The Morgan fingerprint density at radius 2 is 0.836 bits per heavy atom. The minimum atomic E-state index is -1.28. The molecule has 0 aliphatic carbocycles. The van der Waals surface area contributed by atoms with Crippen LogP contribution in [0.15, 0.2) is 30.3 Å². The van der Waals surface area contributed by atoms with E-state index in [9.17, 15) is 43.5 Å². The molecule has 18 heteroatoms. The first-order valence-corrected chi connectivity index (χ1v) is 23.9. The molecule has 1 aromatic carbocycles. The third-order valence-electron chi connectivity index (χ3n) is 10.1. The van der Waals surface area contributed by atoms with E-state index in [2.05, 4.69) is 37.2 Å². The molecule has 7 amide bonds. The molecule has 67 heavy (non-hydrogen) atoms. The molecule has 0 heterocycles. The maximum atomic E-state index is 14.1. The standard InChI is InChI=1S/C49H83N7O11/c1-29(2)23-36(41(57)51-35(46(62)63)21-17-18-22-50-47(64)66-28-34-19-15-14-16-20-34)52-42(58)37(24-30(3)4)53-43(59)38(25-31(5)6)54-44(60)39(26-32(7)8)55-45(61)40(27-33(9)10)56-48(65)67-49(11,12)13/h14-16,19-20,29-33,35-40H,17-18,21-28H2,1-13H3,(H,50,64)(H,51,57)(H,52,58)(H,53,59)(H,54,60)(H,55,61)(H,56,65)(H,62,63)/t35-,36-,37-,38-,39-,40-/m0/s1. The molecule has 0 fully saturated rings. The lowest BCUT2D eigenvalue weighted by Gasteiger charge is -2.29. The fourth-order valence-electron chi connectivity index (χ4n) is 7.02. The zero-order valence-electron chi connectivity index (χ0n) is 42.3. The maximum Gasteiger partial charge on any atom is 0.408 e. The summed E-state index contributed by atoms with van der Waals surface area (Å²) < 4.78 is 10.6. The number of unbranched alkanes of at least 4 members (excludes halogenated alkanes) is 1. The Morgan fingerprint density at radius 3 is 1.16 bits per heavy atom. The first-order valence-electron chi connectivity index (χ1n) is 23.9. The van der Waals surface area contributed by atoms with Crippen molar-refractivity contribution in [2.45, 2.75) is 190 Å². The van der Waals surface area contributed by atoms with Gasteiger partial charge in [-0.15, -0.1) is 0 Å².